The molecule has 0 radical (unpaired) electrons. The Labute approximate surface area is 321 Å². The highest BCUT2D eigenvalue weighted by atomic mass is 16.5. The Kier molecular flexibility index (Phi) is 8.84. The molecule has 9 aromatic rings. The number of fused-ring (bicyclic) bond motifs is 3. The second kappa shape index (κ2) is 14.5. The molecule has 3 nitrogen and oxygen atoms in total. The number of benzene rings is 9. The van der Waals surface area contributed by atoms with E-state index in [2.05, 4.69) is 158 Å². The van der Waals surface area contributed by atoms with Crippen LogP contribution in [0.2, 0.25) is 0 Å². The van der Waals surface area contributed by atoms with Crippen LogP contribution in [0.15, 0.2) is 194 Å². The fourth-order valence-electron chi connectivity index (χ4n) is 7.45. The monoisotopic (exact) mass is 704 g/mol. The van der Waals surface area contributed by atoms with E-state index in [1.165, 1.54) is 32.7 Å². The lowest BCUT2D eigenvalue weighted by atomic mass is 9.93. The normalized spacial score (nSPS) is 11.0. The molecule has 0 fully saturated rings. The van der Waals surface area contributed by atoms with Crippen molar-refractivity contribution in [2.24, 2.45) is 0 Å². The van der Waals surface area contributed by atoms with Gasteiger partial charge in [-0.25, -0.2) is 0 Å². The van der Waals surface area contributed by atoms with Crippen molar-refractivity contribution in [1.82, 2.24) is 0 Å². The number of hydrogen-bond donors (Lipinski definition) is 1. The van der Waals surface area contributed by atoms with Crippen molar-refractivity contribution in [3.05, 3.63) is 205 Å². The fraction of sp³-hybridized carbons (Fsp3) is 0.0192. The molecule has 0 saturated carbocycles. The third-order valence-corrected chi connectivity index (χ3v) is 10.4. The summed E-state index contributed by atoms with van der Waals surface area (Å²) in [6.07, 6.45) is 0. The van der Waals surface area contributed by atoms with Gasteiger partial charge in [-0.1, -0.05) is 164 Å². The largest absolute Gasteiger partial charge is 0.487 e. The van der Waals surface area contributed by atoms with Crippen LogP contribution < -0.4 is 10.5 Å². The first kappa shape index (κ1) is 33.4. The number of nitrogen functional groups attached to an aromatic ring is 1. The van der Waals surface area contributed by atoms with E-state index in [1.807, 2.05) is 42.5 Å². The second-order valence-corrected chi connectivity index (χ2v) is 13.8. The molecule has 55 heavy (non-hydrogen) atoms. The first-order chi connectivity index (χ1) is 27.1. The van der Waals surface area contributed by atoms with Crippen molar-refractivity contribution in [3.8, 4) is 67.5 Å². The van der Waals surface area contributed by atoms with Gasteiger partial charge in [0.15, 0.2) is 0 Å². The Morgan fingerprint density at radius 1 is 0.418 bits per heavy atom. The van der Waals surface area contributed by atoms with Crippen LogP contribution in [-0.4, -0.2) is 0 Å². The first-order valence-corrected chi connectivity index (χ1v) is 18.4. The molecule has 9 rings (SSSR count). The number of anilines is 1. The quantitative estimate of drug-likeness (QED) is 0.127. The van der Waals surface area contributed by atoms with Crippen molar-refractivity contribution in [2.75, 3.05) is 5.73 Å². The van der Waals surface area contributed by atoms with Crippen LogP contribution in [-0.2, 0) is 6.61 Å². The highest BCUT2D eigenvalue weighted by Gasteiger charge is 2.14. The number of hydrogen-bond acceptors (Lipinski definition) is 3. The Morgan fingerprint density at radius 2 is 0.909 bits per heavy atom. The second-order valence-electron chi connectivity index (χ2n) is 13.8. The smallest absolute Gasteiger partial charge is 0.143 e. The summed E-state index contributed by atoms with van der Waals surface area (Å²) in [6.45, 7) is 0.387. The highest BCUT2D eigenvalue weighted by molar-refractivity contribution is 6.13. The molecule has 3 heteroatoms. The van der Waals surface area contributed by atoms with E-state index in [0.29, 0.717) is 23.6 Å². The third kappa shape index (κ3) is 6.70. The predicted molar refractivity (Wildman–Crippen MR) is 229 cm³/mol. The van der Waals surface area contributed by atoms with Crippen LogP contribution in [0.25, 0.3) is 77.2 Å². The zero-order valence-corrected chi connectivity index (χ0v) is 30.1. The van der Waals surface area contributed by atoms with Crippen LogP contribution in [0, 0.1) is 11.3 Å². The lowest BCUT2D eigenvalue weighted by Crippen LogP contribution is -2.01. The van der Waals surface area contributed by atoms with Gasteiger partial charge in [0, 0.05) is 5.56 Å². The van der Waals surface area contributed by atoms with E-state index < -0.39 is 0 Å². The van der Waals surface area contributed by atoms with Crippen LogP contribution in [0.1, 0.15) is 11.1 Å². The van der Waals surface area contributed by atoms with Crippen molar-refractivity contribution < 1.29 is 4.74 Å². The summed E-state index contributed by atoms with van der Waals surface area (Å²) in [4.78, 5) is 0. The number of nitriles is 1. The zero-order valence-electron chi connectivity index (χ0n) is 30.1. The van der Waals surface area contributed by atoms with Gasteiger partial charge in [0.05, 0.1) is 17.3 Å². The third-order valence-electron chi connectivity index (χ3n) is 10.4. The van der Waals surface area contributed by atoms with Crippen LogP contribution in [0.4, 0.5) is 5.69 Å². The molecule has 0 aliphatic heterocycles. The fourth-order valence-corrected chi connectivity index (χ4v) is 7.45. The summed E-state index contributed by atoms with van der Waals surface area (Å²) in [7, 11) is 0. The Hall–Kier alpha value is -7.41. The SMILES string of the molecule is N#Cc1ccc(-c2ccc(-c3ccc(-c4cc(OCc5ccc(-c6cc7ccccc7c7ccccc67)cc5)c(N)c(-c5ccccc5)c4)cc3)cc2)cc1. The average Bonchev–Trinajstić information content (AvgIpc) is 3.26. The molecule has 9 aromatic carbocycles. The summed E-state index contributed by atoms with van der Waals surface area (Å²) in [5, 5.41) is 14.1. The topological polar surface area (TPSA) is 59.0 Å². The van der Waals surface area contributed by atoms with Crippen LogP contribution in [0.3, 0.4) is 0 Å². The van der Waals surface area contributed by atoms with E-state index in [-0.39, 0.29) is 0 Å². The van der Waals surface area contributed by atoms with Gasteiger partial charge in [-0.15, -0.1) is 0 Å². The molecule has 0 saturated heterocycles. The maximum Gasteiger partial charge on any atom is 0.143 e. The van der Waals surface area contributed by atoms with E-state index >= 15 is 0 Å². The Morgan fingerprint density at radius 3 is 1.53 bits per heavy atom. The van der Waals surface area contributed by atoms with Gasteiger partial charge in [0.25, 0.3) is 0 Å². The van der Waals surface area contributed by atoms with Crippen LogP contribution in [0.5, 0.6) is 5.75 Å². The Balaban J connectivity index is 0.983. The summed E-state index contributed by atoms with van der Waals surface area (Å²) in [5.41, 5.74) is 20.1. The first-order valence-electron chi connectivity index (χ1n) is 18.4. The zero-order chi connectivity index (χ0) is 37.1. The molecule has 0 aliphatic carbocycles. The van der Waals surface area contributed by atoms with Gasteiger partial charge in [-0.3, -0.25) is 0 Å². The molecular weight excluding hydrogens is 669 g/mol. The number of nitrogens with two attached hydrogens (primary N) is 1. The van der Waals surface area contributed by atoms with E-state index in [4.69, 9.17) is 15.7 Å². The Bertz CT molecular complexity index is 2830. The molecule has 0 aromatic heterocycles. The minimum absolute atomic E-state index is 0.387. The molecule has 0 heterocycles. The van der Waals surface area contributed by atoms with E-state index in [1.54, 1.807) is 0 Å². The highest BCUT2D eigenvalue weighted by Crippen LogP contribution is 2.40. The van der Waals surface area contributed by atoms with E-state index in [9.17, 15) is 0 Å². The van der Waals surface area contributed by atoms with Gasteiger partial charge in [0.2, 0.25) is 0 Å². The average molecular weight is 705 g/mol. The van der Waals surface area contributed by atoms with Crippen LogP contribution >= 0.6 is 0 Å². The van der Waals surface area contributed by atoms with Gasteiger partial charge in [0.1, 0.15) is 12.4 Å². The number of nitrogens with zero attached hydrogens (tertiary/aromatic N) is 1. The maximum atomic E-state index is 9.13. The molecule has 0 atom stereocenters. The molecule has 260 valence electrons. The molecule has 0 aliphatic rings. The molecule has 0 unspecified atom stereocenters. The van der Waals surface area contributed by atoms with Crippen molar-refractivity contribution in [2.45, 2.75) is 6.61 Å². The summed E-state index contributed by atoms with van der Waals surface area (Å²) in [6, 6.07) is 69.6. The summed E-state index contributed by atoms with van der Waals surface area (Å²) in [5.74, 6) is 0.656. The maximum absolute atomic E-state index is 9.13. The minimum Gasteiger partial charge on any atom is -0.487 e. The molecular formula is C52H36N2O. The van der Waals surface area contributed by atoms with Gasteiger partial charge < -0.3 is 10.5 Å². The standard InChI is InChI=1S/C52H36N2O/c53-33-35-14-18-37(19-15-35)38-22-24-39(25-23-38)40-26-28-41(29-27-40)45-31-50(42-8-2-1-3-9-42)52(54)51(32-45)55-34-36-16-20-43(21-17-36)49-30-44-10-4-5-11-46(44)47-12-6-7-13-48(47)49/h1-32H,34,54H2. The molecule has 0 spiro atoms. The van der Waals surface area contributed by atoms with Crippen molar-refractivity contribution in [1.29, 1.82) is 5.26 Å². The minimum atomic E-state index is 0.387. The number of ether oxygens (including phenoxy) is 1. The summed E-state index contributed by atoms with van der Waals surface area (Å²) < 4.78 is 6.53. The number of rotatable bonds is 8. The predicted octanol–water partition coefficient (Wildman–Crippen LogP) is 13.4. The van der Waals surface area contributed by atoms with Crippen molar-refractivity contribution >= 4 is 27.2 Å². The van der Waals surface area contributed by atoms with Gasteiger partial charge in [-0.05, 0) is 108 Å². The molecule has 0 amide bonds. The van der Waals surface area contributed by atoms with Gasteiger partial charge in [-0.2, -0.15) is 5.26 Å². The lowest BCUT2D eigenvalue weighted by molar-refractivity contribution is 0.308. The molecule has 0 bridgehead atoms. The van der Waals surface area contributed by atoms with E-state index in [0.717, 1.165) is 50.1 Å². The molecule has 2 N–H and O–H groups in total. The lowest BCUT2D eigenvalue weighted by Gasteiger charge is -2.16. The summed E-state index contributed by atoms with van der Waals surface area (Å²) >= 11 is 0. The van der Waals surface area contributed by atoms with Gasteiger partial charge >= 0.3 is 0 Å². The van der Waals surface area contributed by atoms with Crippen molar-refractivity contribution in [3.63, 3.8) is 0 Å².